The fourth-order valence-corrected chi connectivity index (χ4v) is 2.76. The van der Waals surface area contributed by atoms with E-state index >= 15 is 0 Å². The summed E-state index contributed by atoms with van der Waals surface area (Å²) in [7, 11) is 0. The predicted octanol–water partition coefficient (Wildman–Crippen LogP) is 2.25. The van der Waals surface area contributed by atoms with Crippen molar-refractivity contribution >= 4 is 23.6 Å². The molecular weight excluding hydrogens is 378 g/mol. The molecule has 8 nitrogen and oxygen atoms in total. The highest BCUT2D eigenvalue weighted by atomic mass is 32.2. The van der Waals surface area contributed by atoms with Crippen LogP contribution in [-0.4, -0.2) is 32.7 Å². The summed E-state index contributed by atoms with van der Waals surface area (Å²) in [5, 5.41) is 7.23. The summed E-state index contributed by atoms with van der Waals surface area (Å²) in [5.74, 6) is 0.611. The monoisotopic (exact) mass is 397 g/mol. The maximum Gasteiger partial charge on any atom is 0.269 e. The SMILES string of the molecule is Cc1ccc(OCc2nc(SCC(=O)NNC(=O)c3ccccc3)n[nH]2)cc1. The van der Waals surface area contributed by atoms with Crippen LogP contribution in [0.2, 0.25) is 0 Å². The molecule has 0 atom stereocenters. The van der Waals surface area contributed by atoms with E-state index in [0.717, 1.165) is 23.1 Å². The van der Waals surface area contributed by atoms with Gasteiger partial charge in [0.1, 0.15) is 12.4 Å². The summed E-state index contributed by atoms with van der Waals surface area (Å²) in [4.78, 5) is 28.0. The Bertz CT molecular complexity index is 928. The van der Waals surface area contributed by atoms with Gasteiger partial charge in [0.05, 0.1) is 5.75 Å². The van der Waals surface area contributed by atoms with E-state index in [9.17, 15) is 9.59 Å². The van der Waals surface area contributed by atoms with Gasteiger partial charge in [-0.3, -0.25) is 25.5 Å². The number of hydrogen-bond donors (Lipinski definition) is 3. The van der Waals surface area contributed by atoms with E-state index in [-0.39, 0.29) is 24.2 Å². The Labute approximate surface area is 166 Å². The number of carbonyl (C=O) groups is 2. The fourth-order valence-electron chi connectivity index (χ4n) is 2.15. The maximum absolute atomic E-state index is 11.9. The molecule has 1 aromatic heterocycles. The number of nitrogens with zero attached hydrogens (tertiary/aromatic N) is 2. The first-order chi connectivity index (χ1) is 13.6. The summed E-state index contributed by atoms with van der Waals surface area (Å²) in [6, 6.07) is 16.3. The standard InChI is InChI=1S/C19H19N5O3S/c1-13-7-9-15(10-8-13)27-11-16-20-19(24-21-16)28-12-17(25)22-23-18(26)14-5-3-2-4-6-14/h2-10H,11-12H2,1H3,(H,22,25)(H,23,26)(H,20,21,24). The number of hydrogen-bond acceptors (Lipinski definition) is 6. The molecule has 144 valence electrons. The van der Waals surface area contributed by atoms with Crippen molar-refractivity contribution in [3.8, 4) is 5.75 Å². The Balaban J connectivity index is 1.39. The average molecular weight is 397 g/mol. The molecule has 0 aliphatic carbocycles. The average Bonchev–Trinajstić information content (AvgIpc) is 3.18. The van der Waals surface area contributed by atoms with E-state index in [0.29, 0.717) is 16.5 Å². The van der Waals surface area contributed by atoms with Crippen molar-refractivity contribution in [2.24, 2.45) is 0 Å². The van der Waals surface area contributed by atoms with Crippen molar-refractivity contribution in [3.05, 3.63) is 71.5 Å². The van der Waals surface area contributed by atoms with Crippen molar-refractivity contribution in [1.82, 2.24) is 26.0 Å². The number of hydrazine groups is 1. The van der Waals surface area contributed by atoms with Crippen LogP contribution >= 0.6 is 11.8 Å². The van der Waals surface area contributed by atoms with Gasteiger partial charge in [-0.25, -0.2) is 4.98 Å². The van der Waals surface area contributed by atoms with Gasteiger partial charge >= 0.3 is 0 Å². The van der Waals surface area contributed by atoms with E-state index in [2.05, 4.69) is 26.0 Å². The Kier molecular flexibility index (Phi) is 6.64. The summed E-state index contributed by atoms with van der Waals surface area (Å²) in [6.07, 6.45) is 0. The number of ether oxygens (including phenoxy) is 1. The summed E-state index contributed by atoms with van der Waals surface area (Å²) >= 11 is 1.15. The first kappa shape index (κ1) is 19.4. The van der Waals surface area contributed by atoms with E-state index in [4.69, 9.17) is 4.74 Å². The molecule has 2 amide bonds. The zero-order valence-electron chi connectivity index (χ0n) is 15.1. The Morgan fingerprint density at radius 2 is 1.82 bits per heavy atom. The van der Waals surface area contributed by atoms with E-state index in [1.165, 1.54) is 0 Å². The zero-order chi connectivity index (χ0) is 19.8. The van der Waals surface area contributed by atoms with Gasteiger partial charge in [-0.05, 0) is 31.2 Å². The molecule has 0 bridgehead atoms. The molecule has 9 heteroatoms. The van der Waals surface area contributed by atoms with Crippen LogP contribution in [0.15, 0.2) is 59.8 Å². The topological polar surface area (TPSA) is 109 Å². The highest BCUT2D eigenvalue weighted by Gasteiger charge is 2.10. The number of thioether (sulfide) groups is 1. The normalized spacial score (nSPS) is 10.3. The quantitative estimate of drug-likeness (QED) is 0.417. The van der Waals surface area contributed by atoms with Crippen LogP contribution < -0.4 is 15.6 Å². The molecule has 0 spiro atoms. The minimum absolute atomic E-state index is 0.0607. The maximum atomic E-state index is 11.9. The molecule has 28 heavy (non-hydrogen) atoms. The number of aromatic nitrogens is 3. The molecule has 3 N–H and O–H groups in total. The minimum atomic E-state index is -0.382. The van der Waals surface area contributed by atoms with Gasteiger partial charge in [-0.1, -0.05) is 47.7 Å². The van der Waals surface area contributed by atoms with Gasteiger partial charge in [0.2, 0.25) is 11.1 Å². The number of amides is 2. The lowest BCUT2D eigenvalue weighted by Crippen LogP contribution is -2.42. The molecule has 3 aromatic rings. The van der Waals surface area contributed by atoms with Gasteiger partial charge in [-0.2, -0.15) is 0 Å². The number of nitrogens with one attached hydrogen (secondary N) is 3. The number of rotatable bonds is 7. The van der Waals surface area contributed by atoms with Crippen LogP contribution in [-0.2, 0) is 11.4 Å². The summed E-state index contributed by atoms with van der Waals surface area (Å²) in [5.41, 5.74) is 6.34. The molecule has 1 heterocycles. The lowest BCUT2D eigenvalue weighted by molar-refractivity contribution is -0.119. The molecular formula is C19H19N5O3S. The Hall–Kier alpha value is -3.33. The smallest absolute Gasteiger partial charge is 0.269 e. The lowest BCUT2D eigenvalue weighted by Gasteiger charge is -2.06. The Morgan fingerprint density at radius 3 is 2.57 bits per heavy atom. The minimum Gasteiger partial charge on any atom is -0.486 e. The third-order valence-electron chi connectivity index (χ3n) is 3.59. The van der Waals surface area contributed by atoms with Crippen LogP contribution in [0.25, 0.3) is 0 Å². The van der Waals surface area contributed by atoms with Gasteiger partial charge in [0, 0.05) is 5.56 Å². The summed E-state index contributed by atoms with van der Waals surface area (Å²) in [6.45, 7) is 2.25. The fraction of sp³-hybridized carbons (Fsp3) is 0.158. The molecule has 3 rings (SSSR count). The van der Waals surface area contributed by atoms with Gasteiger partial charge in [0.25, 0.3) is 5.91 Å². The van der Waals surface area contributed by atoms with Gasteiger partial charge < -0.3 is 4.74 Å². The third-order valence-corrected chi connectivity index (χ3v) is 4.44. The highest BCUT2D eigenvalue weighted by Crippen LogP contribution is 2.15. The predicted molar refractivity (Wildman–Crippen MR) is 105 cm³/mol. The Morgan fingerprint density at radius 1 is 1.07 bits per heavy atom. The van der Waals surface area contributed by atoms with Crippen LogP contribution in [0.3, 0.4) is 0 Å². The van der Waals surface area contributed by atoms with Crippen LogP contribution in [0.5, 0.6) is 5.75 Å². The second-order valence-corrected chi connectivity index (χ2v) is 6.77. The zero-order valence-corrected chi connectivity index (χ0v) is 16.0. The molecule has 0 fully saturated rings. The molecule has 0 unspecified atom stereocenters. The number of H-pyrrole nitrogens is 1. The molecule has 2 aromatic carbocycles. The van der Waals surface area contributed by atoms with Crippen LogP contribution in [0.1, 0.15) is 21.7 Å². The van der Waals surface area contributed by atoms with Crippen molar-refractivity contribution in [2.75, 3.05) is 5.75 Å². The summed E-state index contributed by atoms with van der Waals surface area (Å²) < 4.78 is 5.62. The van der Waals surface area contributed by atoms with Gasteiger partial charge in [0.15, 0.2) is 5.82 Å². The molecule has 0 radical (unpaired) electrons. The van der Waals surface area contributed by atoms with E-state index in [1.54, 1.807) is 24.3 Å². The van der Waals surface area contributed by atoms with Crippen molar-refractivity contribution in [2.45, 2.75) is 18.7 Å². The molecule has 0 saturated heterocycles. The second kappa shape index (κ2) is 9.56. The largest absolute Gasteiger partial charge is 0.486 e. The molecule has 0 saturated carbocycles. The number of carbonyl (C=O) groups excluding carboxylic acids is 2. The number of aryl methyl sites for hydroxylation is 1. The third kappa shape index (κ3) is 5.85. The first-order valence-electron chi connectivity index (χ1n) is 8.48. The van der Waals surface area contributed by atoms with E-state index in [1.807, 2.05) is 37.3 Å². The number of benzene rings is 2. The van der Waals surface area contributed by atoms with Crippen molar-refractivity contribution < 1.29 is 14.3 Å². The second-order valence-electron chi connectivity index (χ2n) is 5.82. The molecule has 0 aliphatic heterocycles. The van der Waals surface area contributed by atoms with Crippen LogP contribution in [0, 0.1) is 6.92 Å². The van der Waals surface area contributed by atoms with E-state index < -0.39 is 0 Å². The van der Waals surface area contributed by atoms with Crippen LogP contribution in [0.4, 0.5) is 0 Å². The first-order valence-corrected chi connectivity index (χ1v) is 9.46. The lowest BCUT2D eigenvalue weighted by atomic mass is 10.2. The molecule has 0 aliphatic rings. The van der Waals surface area contributed by atoms with Crippen molar-refractivity contribution in [3.63, 3.8) is 0 Å². The van der Waals surface area contributed by atoms with Gasteiger partial charge in [-0.15, -0.1) is 5.10 Å². The number of aromatic amines is 1. The highest BCUT2D eigenvalue weighted by molar-refractivity contribution is 7.99. The van der Waals surface area contributed by atoms with Crippen molar-refractivity contribution in [1.29, 1.82) is 0 Å².